The topological polar surface area (TPSA) is 132 Å². The average molecular weight is 630 g/mol. The standard InChI is InChI=1S/C39H43N5O3/c1-47-26-31(25-27-11-3-2-4-12-27)43-38(46)35(19-10-24-42-39(40)41)34-22-20-30-14-6-8-18-33(30)37(34)44-36(45)23-21-29-16-9-15-28-13-5-7-17-32(28)29/h2-9,11-18,20,22,31,35H,10,19,21,23-26H2,1H3,(H,43,46)(H,44,45)(H4,40,41,42)/t31-,35+/m0/s1. The molecule has 0 aliphatic carbocycles. The quantitative estimate of drug-likeness (QED) is 0.0634. The largest absolute Gasteiger partial charge is 0.383 e. The number of aryl methyl sites for hydroxylation is 1. The molecule has 2 amide bonds. The molecule has 0 aliphatic heterocycles. The smallest absolute Gasteiger partial charge is 0.227 e. The van der Waals surface area contributed by atoms with Gasteiger partial charge in [0.1, 0.15) is 0 Å². The highest BCUT2D eigenvalue weighted by molar-refractivity contribution is 6.05. The fourth-order valence-corrected chi connectivity index (χ4v) is 6.16. The van der Waals surface area contributed by atoms with E-state index >= 15 is 0 Å². The van der Waals surface area contributed by atoms with Crippen molar-refractivity contribution in [3.05, 3.63) is 126 Å². The van der Waals surface area contributed by atoms with Crippen molar-refractivity contribution < 1.29 is 14.3 Å². The van der Waals surface area contributed by atoms with Gasteiger partial charge in [-0.05, 0) is 58.5 Å². The first-order valence-electron chi connectivity index (χ1n) is 16.1. The summed E-state index contributed by atoms with van der Waals surface area (Å²) in [4.78, 5) is 32.0. The van der Waals surface area contributed by atoms with Crippen molar-refractivity contribution in [2.24, 2.45) is 16.5 Å². The van der Waals surface area contributed by atoms with Gasteiger partial charge in [0.05, 0.1) is 24.3 Å². The number of nitrogens with two attached hydrogens (primary N) is 2. The summed E-state index contributed by atoms with van der Waals surface area (Å²) in [5, 5.41) is 10.6. The minimum atomic E-state index is -0.572. The van der Waals surface area contributed by atoms with Gasteiger partial charge in [-0.3, -0.25) is 14.6 Å². The third kappa shape index (κ3) is 8.95. The summed E-state index contributed by atoms with van der Waals surface area (Å²) < 4.78 is 5.49. The molecule has 0 radical (unpaired) electrons. The molecule has 0 fully saturated rings. The highest BCUT2D eigenvalue weighted by Crippen LogP contribution is 2.35. The Balaban J connectivity index is 1.44. The summed E-state index contributed by atoms with van der Waals surface area (Å²) in [7, 11) is 1.63. The van der Waals surface area contributed by atoms with Crippen LogP contribution in [0.25, 0.3) is 21.5 Å². The molecule has 5 aromatic rings. The minimum Gasteiger partial charge on any atom is -0.383 e. The summed E-state index contributed by atoms with van der Waals surface area (Å²) in [5.74, 6) is -0.818. The van der Waals surface area contributed by atoms with E-state index in [1.807, 2.05) is 84.9 Å². The zero-order valence-electron chi connectivity index (χ0n) is 26.8. The number of carbonyl (C=O) groups excluding carboxylic acids is 2. The average Bonchev–Trinajstić information content (AvgIpc) is 3.08. The summed E-state index contributed by atoms with van der Waals surface area (Å²) in [6.45, 7) is 0.745. The lowest BCUT2D eigenvalue weighted by Gasteiger charge is -2.25. The Kier molecular flexibility index (Phi) is 11.6. The highest BCUT2D eigenvalue weighted by atomic mass is 16.5. The monoisotopic (exact) mass is 629 g/mol. The van der Waals surface area contributed by atoms with E-state index in [9.17, 15) is 9.59 Å². The third-order valence-corrected chi connectivity index (χ3v) is 8.40. The van der Waals surface area contributed by atoms with E-state index in [-0.39, 0.29) is 23.8 Å². The Morgan fingerprint density at radius 2 is 1.49 bits per heavy atom. The molecule has 0 aromatic heterocycles. The predicted octanol–water partition coefficient (Wildman–Crippen LogP) is 6.08. The fourth-order valence-electron chi connectivity index (χ4n) is 6.16. The highest BCUT2D eigenvalue weighted by Gasteiger charge is 2.27. The number of guanidine groups is 1. The van der Waals surface area contributed by atoms with Crippen LogP contribution in [0, 0.1) is 0 Å². The Labute approximate surface area is 276 Å². The maximum absolute atomic E-state index is 14.2. The molecular weight excluding hydrogens is 586 g/mol. The second kappa shape index (κ2) is 16.4. The molecule has 6 N–H and O–H groups in total. The first kappa shape index (κ1) is 33.2. The van der Waals surface area contributed by atoms with Gasteiger partial charge in [-0.25, -0.2) is 0 Å². The van der Waals surface area contributed by atoms with Crippen LogP contribution in [0.3, 0.4) is 0 Å². The van der Waals surface area contributed by atoms with E-state index in [0.29, 0.717) is 50.9 Å². The number of carbonyl (C=O) groups is 2. The van der Waals surface area contributed by atoms with Gasteiger partial charge in [-0.2, -0.15) is 0 Å². The molecular formula is C39H43N5O3. The SMILES string of the molecule is COC[C@H](Cc1ccccc1)NC(=O)[C@H](CCCN=C(N)N)c1ccc2ccccc2c1NC(=O)CCc1cccc2ccccc12. The van der Waals surface area contributed by atoms with Crippen LogP contribution < -0.4 is 22.1 Å². The Morgan fingerprint density at radius 1 is 0.809 bits per heavy atom. The van der Waals surface area contributed by atoms with Gasteiger partial charge in [0.2, 0.25) is 11.8 Å². The second-order valence-electron chi connectivity index (χ2n) is 11.8. The zero-order chi connectivity index (χ0) is 33.0. The van der Waals surface area contributed by atoms with Crippen molar-refractivity contribution in [2.75, 3.05) is 25.6 Å². The van der Waals surface area contributed by atoms with Crippen molar-refractivity contribution in [2.45, 2.75) is 44.1 Å². The number of amides is 2. The van der Waals surface area contributed by atoms with Crippen molar-refractivity contribution in [3.63, 3.8) is 0 Å². The summed E-state index contributed by atoms with van der Waals surface area (Å²) in [6, 6.07) is 36.0. The van der Waals surface area contributed by atoms with Gasteiger partial charge in [0.25, 0.3) is 0 Å². The van der Waals surface area contributed by atoms with Crippen molar-refractivity contribution >= 4 is 45.0 Å². The van der Waals surface area contributed by atoms with Gasteiger partial charge in [-0.15, -0.1) is 0 Å². The number of aliphatic imine (C=N–C) groups is 1. The Hall–Kier alpha value is -5.21. The zero-order valence-corrected chi connectivity index (χ0v) is 26.8. The number of nitrogens with one attached hydrogen (secondary N) is 2. The van der Waals surface area contributed by atoms with E-state index in [1.165, 1.54) is 0 Å². The number of rotatable bonds is 15. The lowest BCUT2D eigenvalue weighted by atomic mass is 9.89. The molecule has 8 heteroatoms. The van der Waals surface area contributed by atoms with Crippen LogP contribution in [0.4, 0.5) is 5.69 Å². The molecule has 47 heavy (non-hydrogen) atoms. The van der Waals surface area contributed by atoms with Gasteiger partial charge < -0.3 is 26.8 Å². The lowest BCUT2D eigenvalue weighted by molar-refractivity contribution is -0.124. The molecule has 0 spiro atoms. The predicted molar refractivity (Wildman–Crippen MR) is 191 cm³/mol. The Bertz CT molecular complexity index is 1830. The molecule has 0 bridgehead atoms. The molecule has 0 aliphatic rings. The van der Waals surface area contributed by atoms with Gasteiger partial charge >= 0.3 is 0 Å². The van der Waals surface area contributed by atoms with Crippen LogP contribution in [0.2, 0.25) is 0 Å². The van der Waals surface area contributed by atoms with Crippen LogP contribution >= 0.6 is 0 Å². The van der Waals surface area contributed by atoms with Gasteiger partial charge in [0, 0.05) is 25.5 Å². The molecule has 5 aromatic carbocycles. The minimum absolute atomic E-state index is 0.0128. The molecule has 242 valence electrons. The van der Waals surface area contributed by atoms with E-state index in [1.54, 1.807) is 7.11 Å². The number of anilines is 1. The van der Waals surface area contributed by atoms with Crippen LogP contribution in [0.5, 0.6) is 0 Å². The maximum atomic E-state index is 14.2. The molecule has 0 saturated carbocycles. The first-order valence-corrected chi connectivity index (χ1v) is 16.1. The molecule has 5 rings (SSSR count). The molecule has 2 atom stereocenters. The number of hydrogen-bond donors (Lipinski definition) is 4. The second-order valence-corrected chi connectivity index (χ2v) is 11.8. The van der Waals surface area contributed by atoms with E-state index in [0.717, 1.165) is 38.2 Å². The molecule has 0 saturated heterocycles. The first-order chi connectivity index (χ1) is 22.9. The fraction of sp³-hybridized carbons (Fsp3) is 0.256. The summed E-state index contributed by atoms with van der Waals surface area (Å²) in [5.41, 5.74) is 14.8. The normalized spacial score (nSPS) is 12.4. The van der Waals surface area contributed by atoms with Gasteiger partial charge in [0.15, 0.2) is 5.96 Å². The van der Waals surface area contributed by atoms with Crippen LogP contribution in [-0.2, 0) is 27.2 Å². The van der Waals surface area contributed by atoms with Crippen molar-refractivity contribution in [1.82, 2.24) is 5.32 Å². The molecule has 0 unspecified atom stereocenters. The lowest BCUT2D eigenvalue weighted by Crippen LogP contribution is -2.42. The van der Waals surface area contributed by atoms with Crippen LogP contribution in [-0.4, -0.2) is 44.1 Å². The number of methoxy groups -OCH3 is 1. The molecule has 8 nitrogen and oxygen atoms in total. The molecule has 0 heterocycles. The van der Waals surface area contributed by atoms with E-state index in [4.69, 9.17) is 16.2 Å². The third-order valence-electron chi connectivity index (χ3n) is 8.40. The van der Waals surface area contributed by atoms with Crippen molar-refractivity contribution in [1.29, 1.82) is 0 Å². The van der Waals surface area contributed by atoms with Crippen molar-refractivity contribution in [3.8, 4) is 0 Å². The number of ether oxygens (including phenoxy) is 1. The van der Waals surface area contributed by atoms with Crippen LogP contribution in [0.15, 0.2) is 114 Å². The number of fused-ring (bicyclic) bond motifs is 2. The van der Waals surface area contributed by atoms with E-state index < -0.39 is 5.92 Å². The summed E-state index contributed by atoms with van der Waals surface area (Å²) >= 11 is 0. The number of nitrogens with zero attached hydrogens (tertiary/aromatic N) is 1. The summed E-state index contributed by atoms with van der Waals surface area (Å²) in [6.07, 6.45) is 2.56. The van der Waals surface area contributed by atoms with Crippen LogP contribution in [0.1, 0.15) is 41.9 Å². The number of benzene rings is 5. The number of hydrogen-bond acceptors (Lipinski definition) is 4. The maximum Gasteiger partial charge on any atom is 0.227 e. The van der Waals surface area contributed by atoms with E-state index in [2.05, 4.69) is 39.9 Å². The van der Waals surface area contributed by atoms with Gasteiger partial charge in [-0.1, -0.05) is 109 Å². The Morgan fingerprint density at radius 3 is 2.23 bits per heavy atom.